The van der Waals surface area contributed by atoms with Crippen molar-refractivity contribution in [3.05, 3.63) is 82.9 Å². The lowest BCUT2D eigenvalue weighted by Gasteiger charge is -2.64. The fraction of sp³-hybridized carbons (Fsp3) is 0.604. The number of carbonyl (C=O) groups excluding carboxylic acids is 7. The number of esters is 4. The number of hydrogen-bond donors (Lipinski definition) is 2. The van der Waals surface area contributed by atoms with E-state index in [2.05, 4.69) is 5.32 Å². The van der Waals surface area contributed by atoms with E-state index < -0.39 is 126 Å². The third-order valence-electron chi connectivity index (χ3n) is 13.6. The minimum Gasteiger partial charge on any atom is -0.458 e. The number of Topliss-reactive ketones (excluding diaryl/α,β-unsaturated/α-hetero) is 2. The molecule has 1 heterocycles. The number of ether oxygens (including phenoxy) is 9. The normalized spacial score (nSPS) is 26.8. The number of nitrogens with one attached hydrogen (secondary N) is 1. The predicted octanol–water partition coefficient (Wildman–Crippen LogP) is 6.00. The molecule has 10 atom stereocenters. The number of fused-ring (bicyclic) bond motifs is 3. The highest BCUT2D eigenvalue weighted by Crippen LogP contribution is 2.61. The maximum Gasteiger partial charge on any atom is 0.408 e. The first-order chi connectivity index (χ1) is 33.3. The number of carbonyl (C=O) groups is 7. The van der Waals surface area contributed by atoms with Crippen LogP contribution in [0.1, 0.15) is 110 Å². The maximum absolute atomic E-state index is 15.8. The van der Waals surface area contributed by atoms with Gasteiger partial charge in [0, 0.05) is 46.5 Å². The van der Waals surface area contributed by atoms with Crippen LogP contribution in [0.4, 0.5) is 4.79 Å². The van der Waals surface area contributed by atoms with Crippen molar-refractivity contribution in [2.45, 2.75) is 142 Å². The van der Waals surface area contributed by atoms with Crippen molar-refractivity contribution in [1.29, 1.82) is 0 Å². The van der Waals surface area contributed by atoms with Gasteiger partial charge in [-0.25, -0.2) is 19.2 Å². The lowest BCUT2D eigenvalue weighted by molar-refractivity contribution is -0.333. The van der Waals surface area contributed by atoms with E-state index in [9.17, 15) is 33.9 Å². The Morgan fingerprint density at radius 3 is 2.06 bits per heavy atom. The Labute approximate surface area is 415 Å². The van der Waals surface area contributed by atoms with Crippen LogP contribution in [0.2, 0.25) is 0 Å². The number of methoxy groups -OCH3 is 2. The SMILES string of the molecule is CO[C@H]1CC2OC[C@@]2(OC(C)=O)C2[C@H](OC(=O)c3ccccc3)CC(C)(C)/C(=C(/C)[C@H](CCO)OC(=O)[C@H](OC(=O)COCC(=O)C(C)C)[C@@H](NC(=O)OC(C)(C)C)c3ccccc3)[C@@H](OC)C(=O)[C@@]21C. The second-order valence-electron chi connectivity index (χ2n) is 20.5. The Morgan fingerprint density at radius 1 is 0.887 bits per heavy atom. The summed E-state index contributed by atoms with van der Waals surface area (Å²) in [5.41, 5.74) is -4.03. The fourth-order valence-corrected chi connectivity index (χ4v) is 10.3. The van der Waals surface area contributed by atoms with Crippen LogP contribution < -0.4 is 5.32 Å². The molecule has 390 valence electrons. The molecule has 2 aromatic rings. The van der Waals surface area contributed by atoms with Crippen LogP contribution in [0.15, 0.2) is 71.8 Å². The molecular formula is C53H71NO17. The number of hydrogen-bond acceptors (Lipinski definition) is 17. The fourth-order valence-electron chi connectivity index (χ4n) is 10.3. The Hall–Kier alpha value is -5.53. The molecule has 0 spiro atoms. The Bertz CT molecular complexity index is 2270. The highest BCUT2D eigenvalue weighted by Gasteiger charge is 2.74. The molecular weight excluding hydrogens is 923 g/mol. The van der Waals surface area contributed by atoms with Crippen molar-refractivity contribution in [1.82, 2.24) is 5.32 Å². The quantitative estimate of drug-likeness (QED) is 0.0933. The minimum absolute atomic E-state index is 0.00690. The third-order valence-corrected chi connectivity index (χ3v) is 13.6. The number of benzene rings is 2. The van der Waals surface area contributed by atoms with Crippen LogP contribution in [0.3, 0.4) is 0 Å². The van der Waals surface area contributed by atoms with Crippen LogP contribution in [-0.2, 0) is 66.6 Å². The van der Waals surface area contributed by atoms with Crippen LogP contribution in [-0.4, -0.2) is 135 Å². The lowest BCUT2D eigenvalue weighted by atomic mass is 9.49. The summed E-state index contributed by atoms with van der Waals surface area (Å²) in [6, 6.07) is 15.1. The summed E-state index contributed by atoms with van der Waals surface area (Å²) in [4.78, 5) is 97.2. The number of aliphatic hydroxyl groups is 1. The maximum atomic E-state index is 15.8. The smallest absolute Gasteiger partial charge is 0.408 e. The van der Waals surface area contributed by atoms with Gasteiger partial charge in [0.1, 0.15) is 49.3 Å². The average Bonchev–Trinajstić information content (AvgIpc) is 3.29. The molecule has 18 heteroatoms. The third kappa shape index (κ3) is 12.8. The summed E-state index contributed by atoms with van der Waals surface area (Å²) in [6.07, 6.45) is -8.48. The first-order valence-corrected chi connectivity index (χ1v) is 23.9. The molecule has 2 N–H and O–H groups in total. The van der Waals surface area contributed by atoms with Gasteiger partial charge in [-0.3, -0.25) is 14.4 Å². The second-order valence-corrected chi connectivity index (χ2v) is 20.5. The van der Waals surface area contributed by atoms with Crippen molar-refractivity contribution in [3.63, 3.8) is 0 Å². The first-order valence-electron chi connectivity index (χ1n) is 23.9. The molecule has 1 saturated heterocycles. The molecule has 1 amide bonds. The summed E-state index contributed by atoms with van der Waals surface area (Å²) < 4.78 is 54.0. The van der Waals surface area contributed by atoms with Crippen molar-refractivity contribution in [2.24, 2.45) is 22.7 Å². The van der Waals surface area contributed by atoms with Crippen molar-refractivity contribution in [2.75, 3.05) is 40.6 Å². The van der Waals surface area contributed by atoms with Gasteiger partial charge in [-0.05, 0) is 75.3 Å². The van der Waals surface area contributed by atoms with E-state index in [0.29, 0.717) is 11.1 Å². The van der Waals surface area contributed by atoms with Gasteiger partial charge < -0.3 is 53.1 Å². The van der Waals surface area contributed by atoms with Crippen LogP contribution in [0, 0.1) is 22.7 Å². The molecule has 0 radical (unpaired) electrons. The van der Waals surface area contributed by atoms with Gasteiger partial charge in [-0.15, -0.1) is 0 Å². The van der Waals surface area contributed by atoms with Gasteiger partial charge in [0.2, 0.25) is 6.10 Å². The zero-order valence-electron chi connectivity index (χ0n) is 42.9. The average molecular weight is 994 g/mol. The molecule has 18 nitrogen and oxygen atoms in total. The van der Waals surface area contributed by atoms with Crippen molar-refractivity contribution < 1.29 is 81.3 Å². The number of rotatable bonds is 19. The van der Waals surface area contributed by atoms with Gasteiger partial charge in [0.05, 0.1) is 29.6 Å². The van der Waals surface area contributed by atoms with Gasteiger partial charge in [0.25, 0.3) is 0 Å². The molecule has 3 aliphatic rings. The van der Waals surface area contributed by atoms with Crippen LogP contribution in [0.5, 0.6) is 0 Å². The zero-order chi connectivity index (χ0) is 52.6. The van der Waals surface area contributed by atoms with E-state index >= 15 is 4.79 Å². The molecule has 2 aromatic carbocycles. The molecule has 0 aromatic heterocycles. The molecule has 2 unspecified atom stereocenters. The summed E-state index contributed by atoms with van der Waals surface area (Å²) in [7, 11) is 2.81. The van der Waals surface area contributed by atoms with Crippen molar-refractivity contribution in [3.8, 4) is 0 Å². The van der Waals surface area contributed by atoms with E-state index in [-0.39, 0.29) is 48.7 Å². The molecule has 2 aliphatic carbocycles. The standard InChI is InChI=1S/C53H71NO17/c1-30(2)35(57)27-65-28-40(58)69-44(42(33-19-15-13-16-20-33)54-49(62)71-50(5,6)7)48(61)67-36(23-24-55)31(3)41-43(64-12)46(59)52(10)38(63-11)25-39-53(29-66-39,70-32(4)56)45(52)37(26-51(41,8)9)68-47(60)34-21-17-14-18-22-34/h13-22,30,36-39,42-45,55H,23-29H2,1-12H3,(H,54,62)/b41-31-/t36-,37+,38-,39?,42-,43+,44+,45?,52+,53-/m0/s1. The monoisotopic (exact) mass is 993 g/mol. The van der Waals surface area contributed by atoms with Gasteiger partial charge in [0.15, 0.2) is 17.2 Å². The van der Waals surface area contributed by atoms with Crippen LogP contribution in [0.25, 0.3) is 0 Å². The number of ketones is 2. The second kappa shape index (κ2) is 23.3. The van der Waals surface area contributed by atoms with E-state index in [1.807, 2.05) is 13.8 Å². The van der Waals surface area contributed by atoms with E-state index in [4.69, 9.17) is 42.6 Å². The van der Waals surface area contributed by atoms with Gasteiger partial charge in [-0.2, -0.15) is 0 Å². The topological polar surface area (TPSA) is 235 Å². The molecule has 1 aliphatic heterocycles. The van der Waals surface area contributed by atoms with E-state index in [1.165, 1.54) is 21.1 Å². The highest BCUT2D eigenvalue weighted by molar-refractivity contribution is 5.94. The molecule has 71 heavy (non-hydrogen) atoms. The highest BCUT2D eigenvalue weighted by atomic mass is 16.6. The lowest BCUT2D eigenvalue weighted by Crippen LogP contribution is -2.78. The minimum atomic E-state index is -1.92. The molecule has 3 fully saturated rings. The Morgan fingerprint density at radius 2 is 1.52 bits per heavy atom. The Balaban J connectivity index is 1.66. The largest absolute Gasteiger partial charge is 0.458 e. The van der Waals surface area contributed by atoms with Crippen LogP contribution >= 0.6 is 0 Å². The first kappa shape index (κ1) is 56.4. The van der Waals surface area contributed by atoms with E-state index in [0.717, 1.165) is 0 Å². The van der Waals surface area contributed by atoms with Gasteiger partial charge in [-0.1, -0.05) is 76.2 Å². The van der Waals surface area contributed by atoms with Crippen molar-refractivity contribution >= 4 is 41.5 Å². The zero-order valence-corrected chi connectivity index (χ0v) is 42.9. The summed E-state index contributed by atoms with van der Waals surface area (Å²) in [5, 5.41) is 13.3. The number of aliphatic hydroxyl groups excluding tert-OH is 1. The molecule has 5 rings (SSSR count). The summed E-state index contributed by atoms with van der Waals surface area (Å²) in [5.74, 6) is -5.76. The summed E-state index contributed by atoms with van der Waals surface area (Å²) in [6.45, 7) is 14.7. The number of amides is 1. The summed E-state index contributed by atoms with van der Waals surface area (Å²) >= 11 is 0. The van der Waals surface area contributed by atoms with E-state index in [1.54, 1.807) is 109 Å². The molecule has 2 saturated carbocycles. The Kier molecular flexibility index (Phi) is 18.5. The molecule has 0 bridgehead atoms. The predicted molar refractivity (Wildman–Crippen MR) is 254 cm³/mol. The number of alkyl carbamates (subject to hydrolysis) is 1. The van der Waals surface area contributed by atoms with Gasteiger partial charge >= 0.3 is 30.0 Å².